The highest BCUT2D eigenvalue weighted by Gasteiger charge is 1.92. The molecule has 0 fully saturated rings. The van der Waals surface area contributed by atoms with E-state index in [4.69, 9.17) is 5.73 Å². The predicted octanol–water partition coefficient (Wildman–Crippen LogP) is 2.96. The summed E-state index contributed by atoms with van der Waals surface area (Å²) in [4.78, 5) is 0. The molecule has 0 aliphatic carbocycles. The molecule has 72 valence electrons. The van der Waals surface area contributed by atoms with E-state index >= 15 is 0 Å². The molecule has 0 atom stereocenters. The quantitative estimate of drug-likeness (QED) is 0.654. The molecule has 2 N–H and O–H groups in total. The summed E-state index contributed by atoms with van der Waals surface area (Å²) in [6.45, 7) is 0.826. The zero-order valence-corrected chi connectivity index (χ0v) is 9.96. The molecule has 2 heteroatoms. The number of unbranched alkanes of at least 4 members (excludes halogenated alkanes) is 2. The number of halogens is 1. The molecule has 0 bridgehead atoms. The summed E-state index contributed by atoms with van der Waals surface area (Å²) in [5.74, 6) is 0. The van der Waals surface area contributed by atoms with Gasteiger partial charge in [0.05, 0.1) is 0 Å². The first kappa shape index (κ1) is 11.0. The summed E-state index contributed by atoms with van der Waals surface area (Å²) in [5, 5.41) is 0. The molecular formula is C11H16IN. The summed E-state index contributed by atoms with van der Waals surface area (Å²) in [5.41, 5.74) is 6.87. The Kier molecular flexibility index (Phi) is 5.39. The van der Waals surface area contributed by atoms with Crippen LogP contribution < -0.4 is 5.73 Å². The van der Waals surface area contributed by atoms with Gasteiger partial charge in [0.15, 0.2) is 0 Å². The number of hydrogen-bond donors (Lipinski definition) is 1. The van der Waals surface area contributed by atoms with Crippen molar-refractivity contribution in [2.75, 3.05) is 6.54 Å². The van der Waals surface area contributed by atoms with Crippen LogP contribution >= 0.6 is 22.6 Å². The van der Waals surface area contributed by atoms with Crippen LogP contribution in [0.3, 0.4) is 0 Å². The van der Waals surface area contributed by atoms with Gasteiger partial charge in [0.25, 0.3) is 0 Å². The van der Waals surface area contributed by atoms with Crippen LogP contribution in [-0.4, -0.2) is 6.54 Å². The van der Waals surface area contributed by atoms with E-state index in [1.165, 1.54) is 28.4 Å². The SMILES string of the molecule is NCCCCCc1ccc(I)cc1. The van der Waals surface area contributed by atoms with Gasteiger partial charge in [-0.2, -0.15) is 0 Å². The lowest BCUT2D eigenvalue weighted by atomic mass is 10.1. The maximum atomic E-state index is 5.43. The summed E-state index contributed by atoms with van der Waals surface area (Å²) in [6, 6.07) is 8.76. The highest BCUT2D eigenvalue weighted by Crippen LogP contribution is 2.09. The molecule has 0 unspecified atom stereocenters. The number of benzene rings is 1. The molecule has 0 aromatic heterocycles. The highest BCUT2D eigenvalue weighted by molar-refractivity contribution is 14.1. The molecule has 13 heavy (non-hydrogen) atoms. The smallest absolute Gasteiger partial charge is 0.0130 e. The Morgan fingerprint density at radius 1 is 1.00 bits per heavy atom. The molecule has 0 heterocycles. The third-order valence-electron chi connectivity index (χ3n) is 2.08. The maximum Gasteiger partial charge on any atom is 0.0130 e. The summed E-state index contributed by atoms with van der Waals surface area (Å²) >= 11 is 2.33. The number of aryl methyl sites for hydroxylation is 1. The monoisotopic (exact) mass is 289 g/mol. The zero-order valence-electron chi connectivity index (χ0n) is 7.80. The molecule has 0 aliphatic rings. The largest absolute Gasteiger partial charge is 0.330 e. The summed E-state index contributed by atoms with van der Waals surface area (Å²) in [6.07, 6.45) is 4.86. The highest BCUT2D eigenvalue weighted by atomic mass is 127. The van der Waals surface area contributed by atoms with E-state index in [0.717, 1.165) is 13.0 Å². The second-order valence-electron chi connectivity index (χ2n) is 3.23. The van der Waals surface area contributed by atoms with Gasteiger partial charge in [-0.05, 0) is 66.1 Å². The second kappa shape index (κ2) is 6.38. The van der Waals surface area contributed by atoms with Crippen molar-refractivity contribution in [1.82, 2.24) is 0 Å². The van der Waals surface area contributed by atoms with Crippen LogP contribution in [0.2, 0.25) is 0 Å². The number of rotatable bonds is 5. The third kappa shape index (κ3) is 4.62. The van der Waals surface area contributed by atoms with Crippen molar-refractivity contribution in [3.05, 3.63) is 33.4 Å². The number of hydrogen-bond acceptors (Lipinski definition) is 1. The van der Waals surface area contributed by atoms with Crippen LogP contribution in [0.25, 0.3) is 0 Å². The fourth-order valence-corrected chi connectivity index (χ4v) is 1.66. The minimum absolute atomic E-state index is 0.826. The van der Waals surface area contributed by atoms with Gasteiger partial charge in [-0.1, -0.05) is 18.6 Å². The van der Waals surface area contributed by atoms with Gasteiger partial charge in [-0.25, -0.2) is 0 Å². The average Bonchev–Trinajstić information content (AvgIpc) is 2.15. The van der Waals surface area contributed by atoms with Crippen molar-refractivity contribution in [3.8, 4) is 0 Å². The van der Waals surface area contributed by atoms with Crippen LogP contribution in [0.15, 0.2) is 24.3 Å². The lowest BCUT2D eigenvalue weighted by Gasteiger charge is -2.00. The van der Waals surface area contributed by atoms with Crippen molar-refractivity contribution in [1.29, 1.82) is 0 Å². The minimum atomic E-state index is 0.826. The Labute approximate surface area is 93.9 Å². The molecular weight excluding hydrogens is 273 g/mol. The van der Waals surface area contributed by atoms with Gasteiger partial charge in [-0.15, -0.1) is 0 Å². The lowest BCUT2D eigenvalue weighted by Crippen LogP contribution is -1.98. The molecule has 0 spiro atoms. The van der Waals surface area contributed by atoms with Crippen molar-refractivity contribution in [3.63, 3.8) is 0 Å². The van der Waals surface area contributed by atoms with E-state index in [1.54, 1.807) is 0 Å². The van der Waals surface area contributed by atoms with Crippen LogP contribution in [0.5, 0.6) is 0 Å². The van der Waals surface area contributed by atoms with E-state index < -0.39 is 0 Å². The molecule has 1 nitrogen and oxygen atoms in total. The Hall–Kier alpha value is -0.0900. The van der Waals surface area contributed by atoms with E-state index in [2.05, 4.69) is 46.9 Å². The van der Waals surface area contributed by atoms with E-state index in [1.807, 2.05) is 0 Å². The average molecular weight is 289 g/mol. The Balaban J connectivity index is 2.25. The molecule has 0 aliphatic heterocycles. The molecule has 1 aromatic carbocycles. The third-order valence-corrected chi connectivity index (χ3v) is 2.80. The summed E-state index contributed by atoms with van der Waals surface area (Å²) in [7, 11) is 0. The van der Waals surface area contributed by atoms with Crippen molar-refractivity contribution < 1.29 is 0 Å². The topological polar surface area (TPSA) is 26.0 Å². The maximum absolute atomic E-state index is 5.43. The fourth-order valence-electron chi connectivity index (χ4n) is 1.30. The molecule has 1 aromatic rings. The van der Waals surface area contributed by atoms with Crippen molar-refractivity contribution in [2.45, 2.75) is 25.7 Å². The van der Waals surface area contributed by atoms with Crippen LogP contribution in [0.4, 0.5) is 0 Å². The fraction of sp³-hybridized carbons (Fsp3) is 0.455. The van der Waals surface area contributed by atoms with Crippen LogP contribution in [0.1, 0.15) is 24.8 Å². The molecule has 0 amide bonds. The normalized spacial score (nSPS) is 10.3. The Morgan fingerprint density at radius 3 is 2.31 bits per heavy atom. The number of nitrogens with two attached hydrogens (primary N) is 1. The first-order valence-corrected chi connectivity index (χ1v) is 5.85. The first-order valence-electron chi connectivity index (χ1n) is 4.77. The van der Waals surface area contributed by atoms with E-state index in [-0.39, 0.29) is 0 Å². The Bertz CT molecular complexity index is 230. The summed E-state index contributed by atoms with van der Waals surface area (Å²) < 4.78 is 1.31. The lowest BCUT2D eigenvalue weighted by molar-refractivity contribution is 0.686. The van der Waals surface area contributed by atoms with Gasteiger partial charge >= 0.3 is 0 Å². The Morgan fingerprint density at radius 2 is 1.69 bits per heavy atom. The van der Waals surface area contributed by atoms with Gasteiger partial charge in [0, 0.05) is 3.57 Å². The predicted molar refractivity (Wildman–Crippen MR) is 65.8 cm³/mol. The van der Waals surface area contributed by atoms with Gasteiger partial charge in [0.2, 0.25) is 0 Å². The van der Waals surface area contributed by atoms with E-state index in [9.17, 15) is 0 Å². The van der Waals surface area contributed by atoms with Crippen molar-refractivity contribution in [2.24, 2.45) is 5.73 Å². The van der Waals surface area contributed by atoms with Crippen LogP contribution in [-0.2, 0) is 6.42 Å². The van der Waals surface area contributed by atoms with Gasteiger partial charge < -0.3 is 5.73 Å². The molecule has 1 rings (SSSR count). The van der Waals surface area contributed by atoms with Crippen LogP contribution in [0, 0.1) is 3.57 Å². The molecule has 0 saturated carbocycles. The van der Waals surface area contributed by atoms with Gasteiger partial charge in [-0.3, -0.25) is 0 Å². The van der Waals surface area contributed by atoms with Gasteiger partial charge in [0.1, 0.15) is 0 Å². The molecule has 0 saturated heterocycles. The second-order valence-corrected chi connectivity index (χ2v) is 4.47. The van der Waals surface area contributed by atoms with E-state index in [0.29, 0.717) is 0 Å². The standard InChI is InChI=1S/C11H16IN/c12-11-7-5-10(6-8-11)4-2-1-3-9-13/h5-8H,1-4,9,13H2. The zero-order chi connectivity index (χ0) is 9.52. The minimum Gasteiger partial charge on any atom is -0.330 e. The molecule has 0 radical (unpaired) electrons. The first-order chi connectivity index (χ1) is 6.33. The van der Waals surface area contributed by atoms with Crippen molar-refractivity contribution >= 4 is 22.6 Å².